The summed E-state index contributed by atoms with van der Waals surface area (Å²) in [5.41, 5.74) is 2.65. The zero-order valence-electron chi connectivity index (χ0n) is 13.6. The second-order valence-corrected chi connectivity index (χ2v) is 7.30. The Labute approximate surface area is 145 Å². The van der Waals surface area contributed by atoms with E-state index >= 15 is 0 Å². The van der Waals surface area contributed by atoms with E-state index in [1.165, 1.54) is 24.3 Å². The average molecular weight is 358 g/mol. The highest BCUT2D eigenvalue weighted by Gasteiger charge is 2.09. The van der Waals surface area contributed by atoms with Gasteiger partial charge in [-0.25, -0.2) is 13.6 Å². The molecule has 0 aliphatic heterocycles. The molecule has 0 saturated heterocycles. The van der Waals surface area contributed by atoms with Crippen LogP contribution in [0, 0.1) is 6.92 Å². The van der Waals surface area contributed by atoms with Gasteiger partial charge < -0.3 is 5.32 Å². The molecule has 0 saturated carbocycles. The lowest BCUT2D eigenvalue weighted by Crippen LogP contribution is -2.15. The Morgan fingerprint density at radius 3 is 2.60 bits per heavy atom. The van der Waals surface area contributed by atoms with Crippen molar-refractivity contribution in [2.45, 2.75) is 24.8 Å². The van der Waals surface area contributed by atoms with Crippen molar-refractivity contribution in [1.82, 2.24) is 9.78 Å². The number of amides is 1. The summed E-state index contributed by atoms with van der Waals surface area (Å²) in [6.07, 6.45) is 2.05. The van der Waals surface area contributed by atoms with Crippen molar-refractivity contribution < 1.29 is 13.2 Å². The van der Waals surface area contributed by atoms with Crippen LogP contribution in [0.25, 0.3) is 10.9 Å². The van der Waals surface area contributed by atoms with Crippen molar-refractivity contribution in [3.8, 4) is 0 Å². The van der Waals surface area contributed by atoms with Crippen molar-refractivity contribution in [2.75, 3.05) is 5.32 Å². The van der Waals surface area contributed by atoms with Gasteiger partial charge in [0, 0.05) is 17.5 Å². The van der Waals surface area contributed by atoms with Gasteiger partial charge in [0.15, 0.2) is 0 Å². The number of fused-ring (bicyclic) bond motifs is 1. The molecule has 1 heterocycles. The maximum absolute atomic E-state index is 12.1. The third kappa shape index (κ3) is 3.86. The molecule has 1 amide bonds. The van der Waals surface area contributed by atoms with Crippen molar-refractivity contribution >= 4 is 32.5 Å². The molecule has 3 N–H and O–H groups in total. The zero-order valence-corrected chi connectivity index (χ0v) is 14.5. The lowest BCUT2D eigenvalue weighted by Gasteiger charge is -2.07. The SMILES string of the molecule is Cc1cccc2c1cnn2CCC(=O)Nc1ccc(S(N)(=O)=O)cc1. The van der Waals surface area contributed by atoms with Crippen molar-refractivity contribution in [3.05, 3.63) is 54.2 Å². The summed E-state index contributed by atoms with van der Waals surface area (Å²) in [5.74, 6) is -0.181. The van der Waals surface area contributed by atoms with E-state index in [4.69, 9.17) is 5.14 Å². The van der Waals surface area contributed by atoms with Crippen molar-refractivity contribution in [3.63, 3.8) is 0 Å². The summed E-state index contributed by atoms with van der Waals surface area (Å²) in [7, 11) is -3.74. The summed E-state index contributed by atoms with van der Waals surface area (Å²) in [4.78, 5) is 12.1. The molecule has 0 radical (unpaired) electrons. The fraction of sp³-hybridized carbons (Fsp3) is 0.176. The first-order chi connectivity index (χ1) is 11.8. The van der Waals surface area contributed by atoms with Crippen molar-refractivity contribution in [1.29, 1.82) is 0 Å². The minimum atomic E-state index is -3.74. The maximum atomic E-state index is 12.1. The van der Waals surface area contributed by atoms with Gasteiger partial charge in [0.1, 0.15) is 0 Å². The van der Waals surface area contributed by atoms with Crippen LogP contribution in [0.4, 0.5) is 5.69 Å². The minimum absolute atomic E-state index is 0.00359. The van der Waals surface area contributed by atoms with E-state index < -0.39 is 10.0 Å². The van der Waals surface area contributed by atoms with Crippen LogP contribution < -0.4 is 10.5 Å². The Hall–Kier alpha value is -2.71. The van der Waals surface area contributed by atoms with Gasteiger partial charge in [-0.15, -0.1) is 0 Å². The first-order valence-corrected chi connectivity index (χ1v) is 9.23. The van der Waals surface area contributed by atoms with Gasteiger partial charge in [-0.1, -0.05) is 12.1 Å². The van der Waals surface area contributed by atoms with E-state index in [1.807, 2.05) is 25.1 Å². The molecule has 130 valence electrons. The zero-order chi connectivity index (χ0) is 18.0. The van der Waals surface area contributed by atoms with Crippen LogP contribution >= 0.6 is 0 Å². The number of hydrogen-bond donors (Lipinski definition) is 2. The minimum Gasteiger partial charge on any atom is -0.326 e. The lowest BCUT2D eigenvalue weighted by atomic mass is 10.1. The van der Waals surface area contributed by atoms with Crippen LogP contribution in [-0.2, 0) is 21.4 Å². The predicted molar refractivity (Wildman–Crippen MR) is 95.5 cm³/mol. The molecule has 0 atom stereocenters. The molecular weight excluding hydrogens is 340 g/mol. The van der Waals surface area contributed by atoms with Gasteiger partial charge >= 0.3 is 0 Å². The van der Waals surface area contributed by atoms with Gasteiger partial charge in [0.2, 0.25) is 15.9 Å². The van der Waals surface area contributed by atoms with Crippen LogP contribution in [0.15, 0.2) is 53.6 Å². The number of carbonyl (C=O) groups excluding carboxylic acids is 1. The topological polar surface area (TPSA) is 107 Å². The molecule has 3 aromatic rings. The molecule has 0 bridgehead atoms. The molecule has 0 unspecified atom stereocenters. The number of primary sulfonamides is 1. The molecule has 8 heteroatoms. The number of carbonyl (C=O) groups is 1. The molecule has 0 spiro atoms. The molecule has 0 fully saturated rings. The normalized spacial score (nSPS) is 11.6. The number of aryl methyl sites for hydroxylation is 2. The Kier molecular flexibility index (Phi) is 4.56. The van der Waals surface area contributed by atoms with Gasteiger partial charge in [0.05, 0.1) is 23.2 Å². The fourth-order valence-electron chi connectivity index (χ4n) is 2.58. The van der Waals surface area contributed by atoms with E-state index in [9.17, 15) is 13.2 Å². The van der Waals surface area contributed by atoms with Crippen LogP contribution in [0.1, 0.15) is 12.0 Å². The van der Waals surface area contributed by atoms with E-state index in [2.05, 4.69) is 10.4 Å². The highest BCUT2D eigenvalue weighted by atomic mass is 32.2. The molecule has 7 nitrogen and oxygen atoms in total. The standard InChI is InChI=1S/C17H18N4O3S/c1-12-3-2-4-16-15(12)11-19-21(16)10-9-17(22)20-13-5-7-14(8-6-13)25(18,23)24/h2-8,11H,9-10H2,1H3,(H,20,22)(H2,18,23,24). The number of anilines is 1. The molecule has 0 aliphatic carbocycles. The van der Waals surface area contributed by atoms with Gasteiger partial charge in [-0.2, -0.15) is 5.10 Å². The summed E-state index contributed by atoms with van der Waals surface area (Å²) < 4.78 is 24.2. The molecule has 1 aromatic heterocycles. The number of aromatic nitrogens is 2. The highest BCUT2D eigenvalue weighted by molar-refractivity contribution is 7.89. The summed E-state index contributed by atoms with van der Waals surface area (Å²) in [6, 6.07) is 11.7. The average Bonchev–Trinajstić information content (AvgIpc) is 2.97. The largest absolute Gasteiger partial charge is 0.326 e. The number of nitrogens with zero attached hydrogens (tertiary/aromatic N) is 2. The Bertz CT molecular complexity index is 1020. The van der Waals surface area contributed by atoms with E-state index in [1.54, 1.807) is 10.9 Å². The quantitative estimate of drug-likeness (QED) is 0.727. The molecule has 0 aliphatic rings. The Balaban J connectivity index is 1.64. The van der Waals surface area contributed by atoms with Crippen LogP contribution in [-0.4, -0.2) is 24.1 Å². The highest BCUT2D eigenvalue weighted by Crippen LogP contribution is 2.18. The van der Waals surface area contributed by atoms with Gasteiger partial charge in [0.25, 0.3) is 0 Å². The van der Waals surface area contributed by atoms with Crippen LogP contribution in [0.3, 0.4) is 0 Å². The monoisotopic (exact) mass is 358 g/mol. The predicted octanol–water partition coefficient (Wildman–Crippen LogP) is 2.02. The molecule has 25 heavy (non-hydrogen) atoms. The summed E-state index contributed by atoms with van der Waals surface area (Å²) >= 11 is 0. The number of rotatable bonds is 5. The van der Waals surface area contributed by atoms with E-state index in [0.29, 0.717) is 12.2 Å². The maximum Gasteiger partial charge on any atom is 0.238 e. The van der Waals surface area contributed by atoms with E-state index in [0.717, 1.165) is 16.5 Å². The first kappa shape index (κ1) is 17.1. The molecule has 3 rings (SSSR count). The van der Waals surface area contributed by atoms with Gasteiger partial charge in [-0.3, -0.25) is 9.48 Å². The van der Waals surface area contributed by atoms with Crippen LogP contribution in [0.2, 0.25) is 0 Å². The second-order valence-electron chi connectivity index (χ2n) is 5.74. The van der Waals surface area contributed by atoms with Crippen LogP contribution in [0.5, 0.6) is 0 Å². The van der Waals surface area contributed by atoms with Gasteiger partial charge in [-0.05, 0) is 42.8 Å². The lowest BCUT2D eigenvalue weighted by molar-refractivity contribution is -0.116. The number of benzene rings is 2. The van der Waals surface area contributed by atoms with Crippen molar-refractivity contribution in [2.24, 2.45) is 5.14 Å². The summed E-state index contributed by atoms with van der Waals surface area (Å²) in [6.45, 7) is 2.47. The first-order valence-electron chi connectivity index (χ1n) is 7.68. The smallest absolute Gasteiger partial charge is 0.238 e. The molecule has 2 aromatic carbocycles. The fourth-order valence-corrected chi connectivity index (χ4v) is 3.10. The van der Waals surface area contributed by atoms with E-state index in [-0.39, 0.29) is 17.2 Å². The third-order valence-corrected chi connectivity index (χ3v) is 4.85. The second kappa shape index (κ2) is 6.66. The number of sulfonamides is 1. The third-order valence-electron chi connectivity index (χ3n) is 3.92. The number of nitrogens with one attached hydrogen (secondary N) is 1. The number of hydrogen-bond acceptors (Lipinski definition) is 4. The molecular formula is C17H18N4O3S. The summed E-state index contributed by atoms with van der Waals surface area (Å²) in [5, 5.41) is 13.2. The Morgan fingerprint density at radius 2 is 1.92 bits per heavy atom. The Morgan fingerprint density at radius 1 is 1.20 bits per heavy atom. The number of nitrogens with two attached hydrogens (primary N) is 1.